The molecule has 1 aliphatic heterocycles. The first-order valence-corrected chi connectivity index (χ1v) is 14.3. The van der Waals surface area contributed by atoms with Crippen LogP contribution >= 0.6 is 0 Å². The standard InChI is InChI=1S/C26H29N3O2.C6H8O7/c1-19-8-9-25(28-13-19)26(30)11-10-21-15-29(17-23(21)26)16-22-6-2-3-7-24(22)31-18-20-5-4-12-27-14-20;7-3(8)1-6(13,5(11)12)2-4(9)10/h2-9,12-14,21,23,30H,10-11,15-18H2,1H3;13H,1-2H2,(H,7,8)(H,9,10)(H,11,12)/t21-,23+,26-;/m1./s1. The minimum absolute atomic E-state index is 0.228. The molecule has 1 aromatic carbocycles. The molecular weight excluding hydrogens is 570 g/mol. The summed E-state index contributed by atoms with van der Waals surface area (Å²) in [5.74, 6) is -3.36. The number of likely N-dealkylation sites (tertiary alicyclic amines) is 1. The lowest BCUT2D eigenvalue weighted by Gasteiger charge is -2.30. The number of nitrogens with zero attached hydrogens (tertiary/aromatic N) is 3. The number of carbonyl (C=O) groups is 3. The van der Waals surface area contributed by atoms with Gasteiger partial charge in [0.25, 0.3) is 0 Å². The van der Waals surface area contributed by atoms with Crippen molar-refractivity contribution in [2.24, 2.45) is 11.8 Å². The number of carboxylic acids is 3. The number of aryl methyl sites for hydroxylation is 1. The molecule has 234 valence electrons. The maximum absolute atomic E-state index is 11.6. The number of aliphatic carboxylic acids is 3. The van der Waals surface area contributed by atoms with E-state index in [4.69, 9.17) is 25.2 Å². The maximum atomic E-state index is 11.6. The molecule has 0 bridgehead atoms. The molecule has 12 heteroatoms. The second-order valence-electron chi connectivity index (χ2n) is 11.5. The lowest BCUT2D eigenvalue weighted by molar-refractivity contribution is -0.170. The van der Waals surface area contributed by atoms with E-state index in [2.05, 4.69) is 33.1 Å². The molecule has 0 spiro atoms. The van der Waals surface area contributed by atoms with Crippen LogP contribution in [0.15, 0.2) is 67.1 Å². The number of fused-ring (bicyclic) bond motifs is 1. The van der Waals surface area contributed by atoms with Crippen LogP contribution in [-0.2, 0) is 33.1 Å². The smallest absolute Gasteiger partial charge is 0.336 e. The predicted molar refractivity (Wildman–Crippen MR) is 156 cm³/mol. The molecule has 2 aliphatic rings. The van der Waals surface area contributed by atoms with Crippen molar-refractivity contribution in [3.05, 3.63) is 89.5 Å². The molecular formula is C32H37N3O9. The van der Waals surface area contributed by atoms with Gasteiger partial charge < -0.3 is 30.3 Å². The van der Waals surface area contributed by atoms with E-state index in [0.717, 1.165) is 55.0 Å². The minimum atomic E-state index is -2.74. The van der Waals surface area contributed by atoms with Crippen LogP contribution in [0.2, 0.25) is 0 Å². The first-order chi connectivity index (χ1) is 20.9. The number of benzene rings is 1. The molecule has 2 fully saturated rings. The van der Waals surface area contributed by atoms with Crippen molar-refractivity contribution in [1.29, 1.82) is 0 Å². The van der Waals surface area contributed by atoms with E-state index in [-0.39, 0.29) is 5.92 Å². The van der Waals surface area contributed by atoms with Gasteiger partial charge in [0.2, 0.25) is 0 Å². The van der Waals surface area contributed by atoms with Gasteiger partial charge in [0.1, 0.15) is 18.0 Å². The van der Waals surface area contributed by atoms with Crippen LogP contribution < -0.4 is 4.74 Å². The molecule has 44 heavy (non-hydrogen) atoms. The Bertz CT molecular complexity index is 1430. The Morgan fingerprint density at radius 1 is 1.00 bits per heavy atom. The first-order valence-electron chi connectivity index (χ1n) is 14.3. The Morgan fingerprint density at radius 3 is 2.34 bits per heavy atom. The molecule has 2 aromatic heterocycles. The van der Waals surface area contributed by atoms with Crippen molar-refractivity contribution in [3.63, 3.8) is 0 Å². The van der Waals surface area contributed by atoms with E-state index < -0.39 is 42.0 Å². The normalized spacial score (nSPS) is 21.2. The fourth-order valence-corrected chi connectivity index (χ4v) is 5.93. The summed E-state index contributed by atoms with van der Waals surface area (Å²) in [5.41, 5.74) is 0.638. The summed E-state index contributed by atoms with van der Waals surface area (Å²) in [5, 5.41) is 45.4. The predicted octanol–water partition coefficient (Wildman–Crippen LogP) is 2.85. The van der Waals surface area contributed by atoms with Crippen molar-refractivity contribution < 1.29 is 44.7 Å². The summed E-state index contributed by atoms with van der Waals surface area (Å²) in [6, 6.07) is 16.3. The highest BCUT2D eigenvalue weighted by molar-refractivity contribution is 5.88. The lowest BCUT2D eigenvalue weighted by Crippen LogP contribution is -2.42. The van der Waals surface area contributed by atoms with Gasteiger partial charge in [-0.25, -0.2) is 4.79 Å². The molecule has 0 unspecified atom stereocenters. The third-order valence-electron chi connectivity index (χ3n) is 8.15. The fourth-order valence-electron chi connectivity index (χ4n) is 5.93. The number of aliphatic hydroxyl groups is 2. The zero-order valence-corrected chi connectivity index (χ0v) is 24.4. The molecule has 3 atom stereocenters. The van der Waals surface area contributed by atoms with Crippen LogP contribution in [0.3, 0.4) is 0 Å². The van der Waals surface area contributed by atoms with Gasteiger partial charge in [0, 0.05) is 55.3 Å². The highest BCUT2D eigenvalue weighted by Gasteiger charge is 2.53. The van der Waals surface area contributed by atoms with Crippen LogP contribution in [0.1, 0.15) is 48.1 Å². The van der Waals surface area contributed by atoms with Crippen LogP contribution in [0.5, 0.6) is 5.75 Å². The van der Waals surface area contributed by atoms with Crippen molar-refractivity contribution in [1.82, 2.24) is 14.9 Å². The molecule has 1 aliphatic carbocycles. The van der Waals surface area contributed by atoms with E-state index in [1.807, 2.05) is 49.6 Å². The topological polar surface area (TPSA) is 191 Å². The van der Waals surface area contributed by atoms with Gasteiger partial charge in [0.15, 0.2) is 5.60 Å². The van der Waals surface area contributed by atoms with Crippen molar-refractivity contribution in [2.45, 2.75) is 57.0 Å². The zero-order valence-electron chi connectivity index (χ0n) is 24.4. The number of rotatable bonds is 11. The SMILES string of the molecule is Cc1ccc([C@@]2(O)CC[C@@H]3CN(Cc4ccccc4OCc4cccnc4)C[C@@H]32)nc1.O=C(O)CC(O)(CC(=O)O)C(=O)O. The molecule has 1 saturated heterocycles. The lowest BCUT2D eigenvalue weighted by atomic mass is 9.85. The van der Waals surface area contributed by atoms with Gasteiger partial charge in [-0.15, -0.1) is 0 Å². The van der Waals surface area contributed by atoms with E-state index in [1.54, 1.807) is 6.20 Å². The highest BCUT2D eigenvalue weighted by Crippen LogP contribution is 2.50. The van der Waals surface area contributed by atoms with Gasteiger partial charge >= 0.3 is 17.9 Å². The summed E-state index contributed by atoms with van der Waals surface area (Å²) >= 11 is 0. The van der Waals surface area contributed by atoms with Crippen LogP contribution in [-0.4, -0.2) is 77.0 Å². The summed E-state index contributed by atoms with van der Waals surface area (Å²) < 4.78 is 6.12. The van der Waals surface area contributed by atoms with E-state index >= 15 is 0 Å². The number of ether oxygens (including phenoxy) is 1. The van der Waals surface area contributed by atoms with Gasteiger partial charge in [-0.05, 0) is 49.4 Å². The molecule has 5 N–H and O–H groups in total. The molecule has 0 amide bonds. The van der Waals surface area contributed by atoms with Gasteiger partial charge in [-0.3, -0.25) is 24.5 Å². The molecule has 0 radical (unpaired) electrons. The Hall–Kier alpha value is -4.39. The summed E-state index contributed by atoms with van der Waals surface area (Å²) in [7, 11) is 0. The Balaban J connectivity index is 0.000000289. The van der Waals surface area contributed by atoms with Crippen LogP contribution in [0.4, 0.5) is 0 Å². The van der Waals surface area contributed by atoms with E-state index in [9.17, 15) is 19.5 Å². The van der Waals surface area contributed by atoms with Crippen molar-refractivity contribution in [2.75, 3.05) is 13.1 Å². The van der Waals surface area contributed by atoms with E-state index in [1.165, 1.54) is 5.56 Å². The maximum Gasteiger partial charge on any atom is 0.336 e. The molecule has 3 heterocycles. The third-order valence-corrected chi connectivity index (χ3v) is 8.15. The average Bonchev–Trinajstić information content (AvgIpc) is 3.52. The highest BCUT2D eigenvalue weighted by atomic mass is 16.5. The molecule has 1 saturated carbocycles. The molecule has 12 nitrogen and oxygen atoms in total. The fraction of sp³-hybridized carbons (Fsp3) is 0.406. The molecule has 5 rings (SSSR count). The number of carboxylic acid groups (broad SMARTS) is 3. The number of aromatic nitrogens is 2. The zero-order chi connectivity index (χ0) is 31.9. The second-order valence-corrected chi connectivity index (χ2v) is 11.5. The number of pyridine rings is 2. The number of para-hydroxylation sites is 1. The number of hydrogen-bond donors (Lipinski definition) is 5. The quantitative estimate of drug-likeness (QED) is 0.215. The van der Waals surface area contributed by atoms with Gasteiger partial charge in [-0.2, -0.15) is 0 Å². The van der Waals surface area contributed by atoms with E-state index in [0.29, 0.717) is 12.5 Å². The van der Waals surface area contributed by atoms with Crippen LogP contribution in [0, 0.1) is 18.8 Å². The third kappa shape index (κ3) is 7.95. The summed E-state index contributed by atoms with van der Waals surface area (Å²) in [4.78, 5) is 41.7. The van der Waals surface area contributed by atoms with Gasteiger partial charge in [0.05, 0.1) is 18.5 Å². The summed E-state index contributed by atoms with van der Waals surface area (Å²) in [6.45, 7) is 5.26. The summed E-state index contributed by atoms with van der Waals surface area (Å²) in [6.07, 6.45) is 5.04. The Morgan fingerprint density at radius 2 is 1.73 bits per heavy atom. The van der Waals surface area contributed by atoms with Crippen LogP contribution in [0.25, 0.3) is 0 Å². The van der Waals surface area contributed by atoms with Gasteiger partial charge in [-0.1, -0.05) is 30.3 Å². The van der Waals surface area contributed by atoms with Crippen molar-refractivity contribution in [3.8, 4) is 5.75 Å². The number of hydrogen-bond acceptors (Lipinski definition) is 9. The minimum Gasteiger partial charge on any atom is -0.489 e. The average molecular weight is 608 g/mol. The monoisotopic (exact) mass is 607 g/mol. The Labute approximate surface area is 254 Å². The second kappa shape index (κ2) is 13.9. The Kier molecular flexibility index (Phi) is 10.3. The molecule has 3 aromatic rings. The first kappa shape index (κ1) is 32.5. The van der Waals surface area contributed by atoms with Crippen molar-refractivity contribution >= 4 is 17.9 Å². The largest absolute Gasteiger partial charge is 0.489 e.